The minimum atomic E-state index is -0.861. The molecule has 0 fully saturated rings. The fourth-order valence-corrected chi connectivity index (χ4v) is 4.49. The van der Waals surface area contributed by atoms with Crippen molar-refractivity contribution in [3.8, 4) is 0 Å². The summed E-state index contributed by atoms with van der Waals surface area (Å²) in [4.78, 5) is 19.7. The lowest BCUT2D eigenvalue weighted by Crippen LogP contribution is -2.42. The van der Waals surface area contributed by atoms with Crippen LogP contribution in [0.4, 0.5) is 5.69 Å². The van der Waals surface area contributed by atoms with Crippen molar-refractivity contribution in [3.63, 3.8) is 0 Å². The summed E-state index contributed by atoms with van der Waals surface area (Å²) < 4.78 is 1.00. The van der Waals surface area contributed by atoms with Crippen LogP contribution in [0, 0.1) is 0 Å². The van der Waals surface area contributed by atoms with Crippen LogP contribution >= 0.6 is 50.9 Å². The van der Waals surface area contributed by atoms with Crippen LogP contribution in [0.2, 0.25) is 10.0 Å². The Kier molecular flexibility index (Phi) is 6.02. The molecule has 7 heteroatoms. The Morgan fingerprint density at radius 3 is 2.35 bits per heavy atom. The molecule has 0 spiro atoms. The molecule has 2 aromatic carbocycles. The number of rotatable bonds is 4. The zero-order valence-electron chi connectivity index (χ0n) is 14.3. The summed E-state index contributed by atoms with van der Waals surface area (Å²) in [6.07, 6.45) is 0.525. The molecule has 1 aliphatic rings. The molecule has 0 aliphatic carbocycles. The van der Waals surface area contributed by atoms with Gasteiger partial charge in [-0.1, -0.05) is 70.0 Å². The van der Waals surface area contributed by atoms with E-state index in [2.05, 4.69) is 15.9 Å². The van der Waals surface area contributed by atoms with Gasteiger partial charge in [0.15, 0.2) is 5.17 Å². The molecule has 3 nitrogen and oxygen atoms in total. The third-order valence-corrected chi connectivity index (χ3v) is 5.82. The molecule has 0 N–H and O–H groups in total. The summed E-state index contributed by atoms with van der Waals surface area (Å²) in [5, 5.41) is 1.65. The maximum absolute atomic E-state index is 13.3. The standard InChI is InChI=1S/C19H17BrCl2N2OS/c1-3-26-18-23-19(2,11-12-4-6-13(20)7-5-12)17(25)24(18)16-9-14(21)8-15(22)10-16/h4-10H,3,11H2,1-2H3. The molecule has 0 aromatic heterocycles. The van der Waals surface area contributed by atoms with Crippen LogP contribution < -0.4 is 4.90 Å². The molecule has 1 atom stereocenters. The Morgan fingerprint density at radius 2 is 1.77 bits per heavy atom. The van der Waals surface area contributed by atoms with Gasteiger partial charge in [0.05, 0.1) is 5.69 Å². The van der Waals surface area contributed by atoms with Crippen molar-refractivity contribution < 1.29 is 4.79 Å². The molecule has 0 saturated heterocycles. The van der Waals surface area contributed by atoms with Gasteiger partial charge < -0.3 is 0 Å². The highest BCUT2D eigenvalue weighted by Gasteiger charge is 2.45. The van der Waals surface area contributed by atoms with E-state index in [0.29, 0.717) is 27.3 Å². The molecular formula is C19H17BrCl2N2OS. The van der Waals surface area contributed by atoms with E-state index in [1.54, 1.807) is 23.1 Å². The van der Waals surface area contributed by atoms with Crippen molar-refractivity contribution >= 4 is 67.7 Å². The minimum Gasteiger partial charge on any atom is -0.271 e. The first-order valence-electron chi connectivity index (χ1n) is 8.10. The first kappa shape index (κ1) is 19.7. The van der Waals surface area contributed by atoms with Crippen LogP contribution in [-0.2, 0) is 11.2 Å². The number of halogens is 3. The zero-order chi connectivity index (χ0) is 18.9. The van der Waals surface area contributed by atoms with Gasteiger partial charge in [-0.3, -0.25) is 9.69 Å². The van der Waals surface area contributed by atoms with Crippen LogP contribution in [0.3, 0.4) is 0 Å². The fourth-order valence-electron chi connectivity index (χ4n) is 2.87. The quantitative estimate of drug-likeness (QED) is 0.530. The number of hydrogen-bond donors (Lipinski definition) is 0. The second-order valence-corrected chi connectivity index (χ2v) is 9.19. The van der Waals surface area contributed by atoms with Crippen molar-refractivity contribution in [3.05, 3.63) is 62.5 Å². The summed E-state index contributed by atoms with van der Waals surface area (Å²) in [6.45, 7) is 3.91. The SMILES string of the molecule is CCSC1=NC(C)(Cc2ccc(Br)cc2)C(=O)N1c1cc(Cl)cc(Cl)c1. The molecule has 0 saturated carbocycles. The fraction of sp³-hybridized carbons (Fsp3) is 0.263. The molecule has 0 radical (unpaired) electrons. The number of hydrogen-bond acceptors (Lipinski definition) is 3. The Labute approximate surface area is 175 Å². The van der Waals surface area contributed by atoms with Gasteiger partial charge in [0.1, 0.15) is 5.54 Å². The first-order valence-corrected chi connectivity index (χ1v) is 10.6. The number of amides is 1. The summed E-state index contributed by atoms with van der Waals surface area (Å²) in [6, 6.07) is 13.1. The van der Waals surface area contributed by atoms with Gasteiger partial charge in [0.2, 0.25) is 0 Å². The van der Waals surface area contributed by atoms with Crippen LogP contribution in [0.1, 0.15) is 19.4 Å². The lowest BCUT2D eigenvalue weighted by molar-refractivity contribution is -0.121. The van der Waals surface area contributed by atoms with E-state index in [1.807, 2.05) is 38.1 Å². The second-order valence-electron chi connectivity index (χ2n) is 6.17. The average Bonchev–Trinajstić information content (AvgIpc) is 2.80. The monoisotopic (exact) mass is 470 g/mol. The number of aliphatic imine (C=N–C) groups is 1. The van der Waals surface area contributed by atoms with Crippen molar-refractivity contribution in [2.45, 2.75) is 25.8 Å². The summed E-state index contributed by atoms with van der Waals surface area (Å²) in [5.41, 5.74) is 0.839. The van der Waals surface area contributed by atoms with Crippen LogP contribution in [0.5, 0.6) is 0 Å². The Hall–Kier alpha value is -1.01. The predicted molar refractivity (Wildman–Crippen MR) is 116 cm³/mol. The van der Waals surface area contributed by atoms with E-state index in [1.165, 1.54) is 11.8 Å². The van der Waals surface area contributed by atoms with Crippen LogP contribution in [0.15, 0.2) is 51.9 Å². The number of carbonyl (C=O) groups excluding carboxylic acids is 1. The van der Waals surface area contributed by atoms with Gasteiger partial charge >= 0.3 is 0 Å². The molecule has 0 bridgehead atoms. The minimum absolute atomic E-state index is 0.0743. The second kappa shape index (κ2) is 7.93. The largest absolute Gasteiger partial charge is 0.271 e. The van der Waals surface area contributed by atoms with Gasteiger partial charge in [0.25, 0.3) is 5.91 Å². The van der Waals surface area contributed by atoms with E-state index in [-0.39, 0.29) is 5.91 Å². The van der Waals surface area contributed by atoms with Gasteiger partial charge in [-0.15, -0.1) is 0 Å². The molecule has 1 aliphatic heterocycles. The lowest BCUT2D eigenvalue weighted by atomic mass is 9.93. The Balaban J connectivity index is 1.98. The topological polar surface area (TPSA) is 32.7 Å². The van der Waals surface area contributed by atoms with E-state index in [9.17, 15) is 4.79 Å². The maximum atomic E-state index is 13.3. The normalized spacial score (nSPS) is 19.8. The van der Waals surface area contributed by atoms with E-state index < -0.39 is 5.54 Å². The van der Waals surface area contributed by atoms with Crippen molar-refractivity contribution in [2.24, 2.45) is 4.99 Å². The molecule has 136 valence electrons. The molecule has 3 rings (SSSR count). The van der Waals surface area contributed by atoms with E-state index in [4.69, 9.17) is 28.2 Å². The smallest absolute Gasteiger partial charge is 0.261 e. The van der Waals surface area contributed by atoms with Gasteiger partial charge in [-0.25, -0.2) is 4.99 Å². The first-order chi connectivity index (χ1) is 12.3. The summed E-state index contributed by atoms with van der Waals surface area (Å²) in [7, 11) is 0. The molecular weight excluding hydrogens is 455 g/mol. The van der Waals surface area contributed by atoms with Gasteiger partial charge in [0, 0.05) is 20.9 Å². The van der Waals surface area contributed by atoms with E-state index >= 15 is 0 Å². The van der Waals surface area contributed by atoms with Gasteiger partial charge in [-0.05, 0) is 48.6 Å². The maximum Gasteiger partial charge on any atom is 0.261 e. The third kappa shape index (κ3) is 4.11. The molecule has 2 aromatic rings. The number of anilines is 1. The molecule has 1 amide bonds. The zero-order valence-corrected chi connectivity index (χ0v) is 18.2. The van der Waals surface area contributed by atoms with Crippen LogP contribution in [0.25, 0.3) is 0 Å². The lowest BCUT2D eigenvalue weighted by Gasteiger charge is -2.23. The Morgan fingerprint density at radius 1 is 1.15 bits per heavy atom. The number of benzene rings is 2. The summed E-state index contributed by atoms with van der Waals surface area (Å²) >= 11 is 17.3. The number of amidine groups is 1. The van der Waals surface area contributed by atoms with Crippen molar-refractivity contribution in [1.29, 1.82) is 0 Å². The number of carbonyl (C=O) groups is 1. The van der Waals surface area contributed by atoms with Crippen molar-refractivity contribution in [2.75, 3.05) is 10.7 Å². The number of nitrogens with zero attached hydrogens (tertiary/aromatic N) is 2. The van der Waals surface area contributed by atoms with Crippen LogP contribution in [-0.4, -0.2) is 22.4 Å². The predicted octanol–water partition coefficient (Wildman–Crippen LogP) is 6.21. The third-order valence-electron chi connectivity index (χ3n) is 4.04. The van der Waals surface area contributed by atoms with Gasteiger partial charge in [-0.2, -0.15) is 0 Å². The Bertz CT molecular complexity index is 852. The highest BCUT2D eigenvalue weighted by Crippen LogP contribution is 2.36. The van der Waals surface area contributed by atoms with E-state index in [0.717, 1.165) is 15.8 Å². The highest BCUT2D eigenvalue weighted by molar-refractivity contribution is 9.10. The molecule has 1 unspecified atom stereocenters. The highest BCUT2D eigenvalue weighted by atomic mass is 79.9. The molecule has 1 heterocycles. The molecule has 26 heavy (non-hydrogen) atoms. The average molecular weight is 472 g/mol. The van der Waals surface area contributed by atoms with Crippen molar-refractivity contribution in [1.82, 2.24) is 0 Å². The summed E-state index contributed by atoms with van der Waals surface area (Å²) in [5.74, 6) is 0.736. The number of thioether (sulfide) groups is 1.